The standard InChI is InChI=1S/C14H20N4O3/c1-10-8-11(2-3-12(10)19)14(20)18-6-4-17(5-7-18)9-13(15)16-21/h2-3,8,19,21H,4-7,9H2,1H3,(H2,15,16). The molecule has 0 saturated carbocycles. The fourth-order valence-electron chi connectivity index (χ4n) is 2.34. The van der Waals surface area contributed by atoms with Gasteiger partial charge in [0.1, 0.15) is 5.75 Å². The van der Waals surface area contributed by atoms with Gasteiger partial charge in [-0.25, -0.2) is 0 Å². The van der Waals surface area contributed by atoms with Crippen molar-refractivity contribution in [1.29, 1.82) is 0 Å². The highest BCUT2D eigenvalue weighted by atomic mass is 16.4. The molecule has 2 rings (SSSR count). The zero-order valence-electron chi connectivity index (χ0n) is 12.0. The lowest BCUT2D eigenvalue weighted by Crippen LogP contribution is -2.50. The molecule has 7 nitrogen and oxygen atoms in total. The molecule has 1 amide bonds. The van der Waals surface area contributed by atoms with Crippen LogP contribution >= 0.6 is 0 Å². The quantitative estimate of drug-likeness (QED) is 0.320. The van der Waals surface area contributed by atoms with Crippen LogP contribution < -0.4 is 5.73 Å². The van der Waals surface area contributed by atoms with E-state index in [1.807, 2.05) is 4.90 Å². The maximum absolute atomic E-state index is 12.4. The number of carbonyl (C=O) groups is 1. The van der Waals surface area contributed by atoms with Crippen molar-refractivity contribution in [1.82, 2.24) is 9.80 Å². The first kappa shape index (κ1) is 15.1. The van der Waals surface area contributed by atoms with Gasteiger partial charge in [-0.3, -0.25) is 9.69 Å². The van der Waals surface area contributed by atoms with E-state index in [9.17, 15) is 9.90 Å². The van der Waals surface area contributed by atoms with Crippen LogP contribution in [0.4, 0.5) is 0 Å². The number of benzene rings is 1. The van der Waals surface area contributed by atoms with Crippen molar-refractivity contribution < 1.29 is 15.1 Å². The second-order valence-electron chi connectivity index (χ2n) is 5.16. The molecule has 0 aromatic heterocycles. The van der Waals surface area contributed by atoms with E-state index in [0.29, 0.717) is 43.9 Å². The maximum Gasteiger partial charge on any atom is 0.253 e. The number of phenols is 1. The molecular formula is C14H20N4O3. The topological polar surface area (TPSA) is 102 Å². The third kappa shape index (κ3) is 3.63. The van der Waals surface area contributed by atoms with Crippen molar-refractivity contribution in [2.75, 3.05) is 32.7 Å². The molecule has 7 heteroatoms. The van der Waals surface area contributed by atoms with Gasteiger partial charge in [0.2, 0.25) is 0 Å². The summed E-state index contributed by atoms with van der Waals surface area (Å²) in [5.74, 6) is 0.320. The highest BCUT2D eigenvalue weighted by Crippen LogP contribution is 2.18. The molecule has 1 aromatic rings. The molecule has 0 spiro atoms. The number of aryl methyl sites for hydroxylation is 1. The zero-order valence-corrected chi connectivity index (χ0v) is 12.0. The number of nitrogens with zero attached hydrogens (tertiary/aromatic N) is 3. The first-order valence-electron chi connectivity index (χ1n) is 6.79. The molecule has 0 unspecified atom stereocenters. The number of amidine groups is 1. The highest BCUT2D eigenvalue weighted by Gasteiger charge is 2.22. The van der Waals surface area contributed by atoms with Crippen LogP contribution in [-0.2, 0) is 0 Å². The van der Waals surface area contributed by atoms with Crippen molar-refractivity contribution in [2.24, 2.45) is 10.9 Å². The average molecular weight is 292 g/mol. The Balaban J connectivity index is 1.95. The summed E-state index contributed by atoms with van der Waals surface area (Å²) in [6, 6.07) is 4.87. The molecule has 1 fully saturated rings. The molecular weight excluding hydrogens is 272 g/mol. The minimum Gasteiger partial charge on any atom is -0.508 e. The van der Waals surface area contributed by atoms with Crippen molar-refractivity contribution >= 4 is 11.7 Å². The van der Waals surface area contributed by atoms with Gasteiger partial charge in [-0.05, 0) is 30.7 Å². The first-order valence-corrected chi connectivity index (χ1v) is 6.79. The van der Waals surface area contributed by atoms with E-state index in [-0.39, 0.29) is 17.5 Å². The number of nitrogens with two attached hydrogens (primary N) is 1. The lowest BCUT2D eigenvalue weighted by molar-refractivity contribution is 0.0653. The number of piperazine rings is 1. The van der Waals surface area contributed by atoms with Crippen LogP contribution in [0.5, 0.6) is 5.75 Å². The van der Waals surface area contributed by atoms with E-state index in [4.69, 9.17) is 10.9 Å². The normalized spacial score (nSPS) is 17.0. The maximum atomic E-state index is 12.4. The second-order valence-corrected chi connectivity index (χ2v) is 5.16. The van der Waals surface area contributed by atoms with E-state index >= 15 is 0 Å². The summed E-state index contributed by atoms with van der Waals surface area (Å²) in [6.45, 7) is 4.71. The van der Waals surface area contributed by atoms with E-state index < -0.39 is 0 Å². The molecule has 0 radical (unpaired) electrons. The lowest BCUT2D eigenvalue weighted by Gasteiger charge is -2.34. The molecule has 21 heavy (non-hydrogen) atoms. The molecule has 0 atom stereocenters. The summed E-state index contributed by atoms with van der Waals surface area (Å²) in [7, 11) is 0. The minimum absolute atomic E-state index is 0.0402. The predicted molar refractivity (Wildman–Crippen MR) is 78.6 cm³/mol. The van der Waals surface area contributed by atoms with Crippen LogP contribution in [0.15, 0.2) is 23.4 Å². The van der Waals surface area contributed by atoms with E-state index in [1.165, 1.54) is 6.07 Å². The summed E-state index contributed by atoms with van der Waals surface area (Å²) in [6.07, 6.45) is 0. The monoisotopic (exact) mass is 292 g/mol. The van der Waals surface area contributed by atoms with Crippen LogP contribution in [-0.4, -0.2) is 64.6 Å². The van der Waals surface area contributed by atoms with Crippen LogP contribution in [0.1, 0.15) is 15.9 Å². The number of oxime groups is 1. The number of aromatic hydroxyl groups is 1. The lowest BCUT2D eigenvalue weighted by atomic mass is 10.1. The van der Waals surface area contributed by atoms with E-state index in [0.717, 1.165) is 0 Å². The number of phenolic OH excluding ortho intramolecular Hbond substituents is 1. The zero-order chi connectivity index (χ0) is 15.4. The molecule has 1 aromatic carbocycles. The molecule has 1 aliphatic heterocycles. The van der Waals surface area contributed by atoms with Gasteiger partial charge in [0.25, 0.3) is 5.91 Å². The number of hydrogen-bond donors (Lipinski definition) is 3. The smallest absolute Gasteiger partial charge is 0.253 e. The van der Waals surface area contributed by atoms with Crippen LogP contribution in [0.3, 0.4) is 0 Å². The van der Waals surface area contributed by atoms with Gasteiger partial charge >= 0.3 is 0 Å². The second kappa shape index (κ2) is 6.45. The Morgan fingerprint density at radius 1 is 1.33 bits per heavy atom. The summed E-state index contributed by atoms with van der Waals surface area (Å²) in [5, 5.41) is 21.0. The number of carbonyl (C=O) groups excluding carboxylic acids is 1. The van der Waals surface area contributed by atoms with Gasteiger partial charge in [0.05, 0.1) is 6.54 Å². The predicted octanol–water partition coefficient (Wildman–Crippen LogP) is 0.205. The number of amides is 1. The molecule has 1 heterocycles. The van der Waals surface area contributed by atoms with E-state index in [2.05, 4.69) is 5.16 Å². The van der Waals surface area contributed by atoms with Gasteiger partial charge in [0.15, 0.2) is 5.84 Å². The first-order chi connectivity index (χ1) is 10.0. The Kier molecular flexibility index (Phi) is 4.64. The summed E-state index contributed by atoms with van der Waals surface area (Å²) >= 11 is 0. The van der Waals surface area contributed by atoms with Crippen molar-refractivity contribution in [3.63, 3.8) is 0 Å². The van der Waals surface area contributed by atoms with Crippen LogP contribution in [0.2, 0.25) is 0 Å². The van der Waals surface area contributed by atoms with Crippen LogP contribution in [0.25, 0.3) is 0 Å². The Bertz CT molecular complexity index is 551. The Morgan fingerprint density at radius 3 is 2.57 bits per heavy atom. The summed E-state index contributed by atoms with van der Waals surface area (Å²) in [4.78, 5) is 16.2. The number of rotatable bonds is 3. The average Bonchev–Trinajstić information content (AvgIpc) is 2.50. The summed E-state index contributed by atoms with van der Waals surface area (Å²) < 4.78 is 0. The van der Waals surface area contributed by atoms with Gasteiger partial charge < -0.3 is 20.9 Å². The molecule has 4 N–H and O–H groups in total. The Hall–Kier alpha value is -2.28. The van der Waals surface area contributed by atoms with Gasteiger partial charge in [-0.1, -0.05) is 5.16 Å². The minimum atomic E-state index is -0.0402. The molecule has 114 valence electrons. The molecule has 1 aliphatic rings. The molecule has 1 saturated heterocycles. The van der Waals surface area contributed by atoms with Crippen molar-refractivity contribution in [3.05, 3.63) is 29.3 Å². The van der Waals surface area contributed by atoms with Crippen molar-refractivity contribution in [3.8, 4) is 5.75 Å². The largest absolute Gasteiger partial charge is 0.508 e. The van der Waals surface area contributed by atoms with Crippen molar-refractivity contribution in [2.45, 2.75) is 6.92 Å². The SMILES string of the molecule is Cc1cc(C(=O)N2CCN(C/C(N)=N/O)CC2)ccc1O. The van der Waals surface area contributed by atoms with Crippen LogP contribution in [0, 0.1) is 6.92 Å². The van der Waals surface area contributed by atoms with Gasteiger partial charge in [-0.15, -0.1) is 0 Å². The molecule has 0 aliphatic carbocycles. The van der Waals surface area contributed by atoms with E-state index in [1.54, 1.807) is 24.0 Å². The number of hydrogen-bond acceptors (Lipinski definition) is 5. The van der Waals surface area contributed by atoms with Gasteiger partial charge in [-0.2, -0.15) is 0 Å². The third-order valence-electron chi connectivity index (χ3n) is 3.62. The van der Waals surface area contributed by atoms with Gasteiger partial charge in [0, 0.05) is 31.7 Å². The Labute approximate surface area is 123 Å². The highest BCUT2D eigenvalue weighted by molar-refractivity contribution is 5.94. The molecule has 0 bridgehead atoms. The Morgan fingerprint density at radius 2 is 2.00 bits per heavy atom. The fraction of sp³-hybridized carbons (Fsp3) is 0.429. The third-order valence-corrected chi connectivity index (χ3v) is 3.62. The fourth-order valence-corrected chi connectivity index (χ4v) is 2.34. The summed E-state index contributed by atoms with van der Waals surface area (Å²) in [5.41, 5.74) is 6.74.